The van der Waals surface area contributed by atoms with Crippen molar-refractivity contribution in [1.29, 1.82) is 0 Å². The second kappa shape index (κ2) is 6.02. The average Bonchev–Trinajstić information content (AvgIpc) is 3.26. The number of amides is 1. The van der Waals surface area contributed by atoms with E-state index in [2.05, 4.69) is 36.9 Å². The van der Waals surface area contributed by atoms with Crippen LogP contribution in [-0.4, -0.2) is 16.8 Å². The molecule has 2 aromatic rings. The Morgan fingerprint density at radius 2 is 2.00 bits per heavy atom. The van der Waals surface area contributed by atoms with E-state index in [-0.39, 0.29) is 5.91 Å². The molecule has 0 spiro atoms. The normalized spacial score (nSPS) is 14.2. The standard InChI is InChI=1S/C18H21NOS/c1-3-14-6-4-5-7-17(14)18(20)19(15-9-10-15)12-16-11-8-13(2)21-16/h4-8,11,15H,3,9-10,12H2,1-2H3. The summed E-state index contributed by atoms with van der Waals surface area (Å²) in [6.07, 6.45) is 3.19. The molecule has 110 valence electrons. The van der Waals surface area contributed by atoms with Gasteiger partial charge in [-0.3, -0.25) is 4.79 Å². The first kappa shape index (κ1) is 14.3. The number of thiophene rings is 1. The Balaban J connectivity index is 1.85. The third kappa shape index (κ3) is 3.18. The molecular formula is C18H21NOS. The van der Waals surface area contributed by atoms with Crippen molar-refractivity contribution in [2.75, 3.05) is 0 Å². The third-order valence-electron chi connectivity index (χ3n) is 4.00. The minimum absolute atomic E-state index is 0.195. The maximum atomic E-state index is 12.9. The molecule has 0 bridgehead atoms. The van der Waals surface area contributed by atoms with Crippen molar-refractivity contribution in [2.45, 2.75) is 45.7 Å². The number of nitrogens with zero attached hydrogens (tertiary/aromatic N) is 1. The fourth-order valence-corrected chi connectivity index (χ4v) is 3.57. The molecule has 2 nitrogen and oxygen atoms in total. The van der Waals surface area contributed by atoms with Crippen molar-refractivity contribution < 1.29 is 4.79 Å². The second-order valence-electron chi connectivity index (χ2n) is 5.69. The van der Waals surface area contributed by atoms with Gasteiger partial charge in [0.1, 0.15) is 0 Å². The molecule has 1 aromatic heterocycles. The molecule has 0 aliphatic heterocycles. The van der Waals surface area contributed by atoms with E-state index in [9.17, 15) is 4.79 Å². The fraction of sp³-hybridized carbons (Fsp3) is 0.389. The molecule has 1 heterocycles. The van der Waals surface area contributed by atoms with E-state index in [1.807, 2.05) is 18.2 Å². The molecule has 3 heteroatoms. The highest BCUT2D eigenvalue weighted by atomic mass is 32.1. The first-order chi connectivity index (χ1) is 10.2. The zero-order valence-electron chi connectivity index (χ0n) is 12.6. The number of rotatable bonds is 5. The minimum atomic E-state index is 0.195. The van der Waals surface area contributed by atoms with Crippen molar-refractivity contribution in [3.63, 3.8) is 0 Å². The van der Waals surface area contributed by atoms with Gasteiger partial charge in [-0.15, -0.1) is 11.3 Å². The van der Waals surface area contributed by atoms with Gasteiger partial charge in [-0.1, -0.05) is 25.1 Å². The van der Waals surface area contributed by atoms with Gasteiger partial charge in [-0.05, 0) is 49.9 Å². The van der Waals surface area contributed by atoms with Crippen LogP contribution in [0, 0.1) is 6.92 Å². The minimum Gasteiger partial charge on any atom is -0.331 e. The van der Waals surface area contributed by atoms with Gasteiger partial charge in [0, 0.05) is 21.4 Å². The first-order valence-electron chi connectivity index (χ1n) is 7.63. The highest BCUT2D eigenvalue weighted by Crippen LogP contribution is 2.31. The Labute approximate surface area is 130 Å². The molecule has 1 aliphatic rings. The molecule has 0 radical (unpaired) electrons. The van der Waals surface area contributed by atoms with E-state index in [0.29, 0.717) is 6.04 Å². The van der Waals surface area contributed by atoms with Crippen molar-refractivity contribution in [2.24, 2.45) is 0 Å². The van der Waals surface area contributed by atoms with E-state index < -0.39 is 0 Å². The molecule has 1 aromatic carbocycles. The lowest BCUT2D eigenvalue weighted by Gasteiger charge is -2.23. The number of aryl methyl sites for hydroxylation is 2. The Bertz CT molecular complexity index is 642. The van der Waals surface area contributed by atoms with Crippen LogP contribution in [0.1, 0.15) is 45.4 Å². The topological polar surface area (TPSA) is 20.3 Å². The molecule has 1 fully saturated rings. The third-order valence-corrected chi connectivity index (χ3v) is 4.98. The number of carbonyl (C=O) groups excluding carboxylic acids is 1. The average molecular weight is 299 g/mol. The van der Waals surface area contributed by atoms with Gasteiger partial charge in [0.05, 0.1) is 6.54 Å². The molecule has 1 saturated carbocycles. The van der Waals surface area contributed by atoms with Crippen molar-refractivity contribution in [1.82, 2.24) is 4.90 Å². The van der Waals surface area contributed by atoms with Crippen LogP contribution < -0.4 is 0 Å². The smallest absolute Gasteiger partial charge is 0.254 e. The Hall–Kier alpha value is -1.61. The molecule has 1 aliphatic carbocycles. The van der Waals surface area contributed by atoms with Crippen LogP contribution in [0.3, 0.4) is 0 Å². The van der Waals surface area contributed by atoms with Crippen LogP contribution in [0.15, 0.2) is 36.4 Å². The van der Waals surface area contributed by atoms with Crippen LogP contribution in [0.4, 0.5) is 0 Å². The molecule has 21 heavy (non-hydrogen) atoms. The highest BCUT2D eigenvalue weighted by molar-refractivity contribution is 7.11. The zero-order valence-corrected chi connectivity index (χ0v) is 13.5. The monoisotopic (exact) mass is 299 g/mol. The van der Waals surface area contributed by atoms with Crippen LogP contribution in [0.25, 0.3) is 0 Å². The van der Waals surface area contributed by atoms with Crippen molar-refractivity contribution >= 4 is 17.2 Å². The second-order valence-corrected chi connectivity index (χ2v) is 7.06. The van der Waals surface area contributed by atoms with E-state index >= 15 is 0 Å². The largest absolute Gasteiger partial charge is 0.331 e. The van der Waals surface area contributed by atoms with Crippen LogP contribution >= 0.6 is 11.3 Å². The van der Waals surface area contributed by atoms with Crippen LogP contribution in [0.5, 0.6) is 0 Å². The molecule has 0 atom stereocenters. The quantitative estimate of drug-likeness (QED) is 0.800. The maximum Gasteiger partial charge on any atom is 0.254 e. The number of hydrogen-bond acceptors (Lipinski definition) is 2. The van der Waals surface area contributed by atoms with Crippen LogP contribution in [0.2, 0.25) is 0 Å². The summed E-state index contributed by atoms with van der Waals surface area (Å²) in [5, 5.41) is 0. The van der Waals surface area contributed by atoms with Crippen LogP contribution in [-0.2, 0) is 13.0 Å². The van der Waals surface area contributed by atoms with Gasteiger partial charge >= 0.3 is 0 Å². The highest BCUT2D eigenvalue weighted by Gasteiger charge is 2.33. The molecular weight excluding hydrogens is 278 g/mol. The summed E-state index contributed by atoms with van der Waals surface area (Å²) >= 11 is 1.79. The van der Waals surface area contributed by atoms with E-state index in [4.69, 9.17) is 0 Å². The SMILES string of the molecule is CCc1ccccc1C(=O)N(Cc1ccc(C)s1)C1CC1. The Kier molecular flexibility index (Phi) is 4.11. The summed E-state index contributed by atoms with van der Waals surface area (Å²) < 4.78 is 0. The predicted octanol–water partition coefficient (Wildman–Crippen LogP) is 4.42. The van der Waals surface area contributed by atoms with Gasteiger partial charge < -0.3 is 4.90 Å². The molecule has 3 rings (SSSR count). The molecule has 0 saturated heterocycles. The maximum absolute atomic E-state index is 12.9. The summed E-state index contributed by atoms with van der Waals surface area (Å²) in [5.74, 6) is 0.195. The van der Waals surface area contributed by atoms with Gasteiger partial charge in [-0.25, -0.2) is 0 Å². The first-order valence-corrected chi connectivity index (χ1v) is 8.45. The van der Waals surface area contributed by atoms with Crippen molar-refractivity contribution in [3.8, 4) is 0 Å². The van der Waals surface area contributed by atoms with Gasteiger partial charge in [-0.2, -0.15) is 0 Å². The summed E-state index contributed by atoms with van der Waals surface area (Å²) in [6.45, 7) is 4.97. The zero-order chi connectivity index (χ0) is 14.8. The molecule has 0 N–H and O–H groups in total. The lowest BCUT2D eigenvalue weighted by atomic mass is 10.0. The number of benzene rings is 1. The van der Waals surface area contributed by atoms with Gasteiger partial charge in [0.2, 0.25) is 0 Å². The summed E-state index contributed by atoms with van der Waals surface area (Å²) in [5.41, 5.74) is 2.02. The Morgan fingerprint density at radius 1 is 1.24 bits per heavy atom. The fourth-order valence-electron chi connectivity index (χ4n) is 2.68. The number of hydrogen-bond donors (Lipinski definition) is 0. The molecule has 1 amide bonds. The van der Waals surface area contributed by atoms with E-state index in [1.165, 1.54) is 9.75 Å². The van der Waals surface area contributed by atoms with Gasteiger partial charge in [0.25, 0.3) is 5.91 Å². The summed E-state index contributed by atoms with van der Waals surface area (Å²) in [7, 11) is 0. The van der Waals surface area contributed by atoms with Crippen molar-refractivity contribution in [3.05, 3.63) is 57.3 Å². The summed E-state index contributed by atoms with van der Waals surface area (Å²) in [6, 6.07) is 12.7. The lowest BCUT2D eigenvalue weighted by molar-refractivity contribution is 0.0730. The van der Waals surface area contributed by atoms with E-state index in [0.717, 1.165) is 36.9 Å². The van der Waals surface area contributed by atoms with E-state index in [1.54, 1.807) is 11.3 Å². The lowest BCUT2D eigenvalue weighted by Crippen LogP contribution is -2.32. The summed E-state index contributed by atoms with van der Waals surface area (Å²) in [4.78, 5) is 17.6. The Morgan fingerprint density at radius 3 is 2.62 bits per heavy atom. The van der Waals surface area contributed by atoms with Gasteiger partial charge in [0.15, 0.2) is 0 Å². The predicted molar refractivity (Wildman–Crippen MR) is 87.8 cm³/mol. The molecule has 0 unspecified atom stereocenters. The number of carbonyl (C=O) groups is 1.